The fraction of sp³-hybridized carbons (Fsp3) is 0.133. The molecule has 0 fully saturated rings. The molecule has 0 radical (unpaired) electrons. The van der Waals surface area contributed by atoms with E-state index < -0.39 is 5.82 Å². The number of anilines is 1. The molecule has 0 aliphatic carbocycles. The summed E-state index contributed by atoms with van der Waals surface area (Å²) in [5.74, 6) is 4.65. The average molecular weight is 288 g/mol. The second-order valence-corrected chi connectivity index (χ2v) is 4.84. The Balaban J connectivity index is 2.07. The van der Waals surface area contributed by atoms with E-state index in [-0.39, 0.29) is 18.0 Å². The van der Waals surface area contributed by atoms with Crippen molar-refractivity contribution in [2.75, 3.05) is 11.9 Å². The maximum absolute atomic E-state index is 13.5. The van der Waals surface area contributed by atoms with Crippen LogP contribution in [0.15, 0.2) is 35.0 Å². The Labute approximate surface area is 120 Å². The first-order valence-corrected chi connectivity index (χ1v) is 6.92. The number of nitrogens with one attached hydrogen (secondary N) is 1. The van der Waals surface area contributed by atoms with Gasteiger partial charge in [0.05, 0.1) is 18.5 Å². The quantitative estimate of drug-likeness (QED) is 0.852. The van der Waals surface area contributed by atoms with Gasteiger partial charge in [0.1, 0.15) is 5.82 Å². The fourth-order valence-electron chi connectivity index (χ4n) is 1.63. The summed E-state index contributed by atoms with van der Waals surface area (Å²) in [6.45, 7) is 0.161. The van der Waals surface area contributed by atoms with Gasteiger partial charge in [0, 0.05) is 5.69 Å². The normalized spacial score (nSPS) is 9.70. The maximum Gasteiger partial charge on any atom is 0.228 e. The molecular weight excluding hydrogens is 275 g/mol. The zero-order valence-corrected chi connectivity index (χ0v) is 11.5. The SMILES string of the molecule is NCC#Cc1cc(NC(=O)Cc2ccsc2)ccc1F. The predicted molar refractivity (Wildman–Crippen MR) is 79.0 cm³/mol. The molecule has 20 heavy (non-hydrogen) atoms. The number of halogens is 1. The van der Waals surface area contributed by atoms with Gasteiger partial charge in [0.2, 0.25) is 5.91 Å². The summed E-state index contributed by atoms with van der Waals surface area (Å²) >= 11 is 1.54. The molecular formula is C15H13FN2OS. The Morgan fingerprint density at radius 3 is 2.95 bits per heavy atom. The lowest BCUT2D eigenvalue weighted by molar-refractivity contribution is -0.115. The van der Waals surface area contributed by atoms with Crippen molar-refractivity contribution in [1.29, 1.82) is 0 Å². The van der Waals surface area contributed by atoms with Crippen LogP contribution in [0, 0.1) is 17.7 Å². The van der Waals surface area contributed by atoms with Crippen molar-refractivity contribution in [2.45, 2.75) is 6.42 Å². The molecule has 1 amide bonds. The molecule has 0 bridgehead atoms. The molecule has 5 heteroatoms. The van der Waals surface area contributed by atoms with Gasteiger partial charge < -0.3 is 11.1 Å². The van der Waals surface area contributed by atoms with Gasteiger partial charge in [-0.05, 0) is 40.6 Å². The van der Waals surface area contributed by atoms with Crippen molar-refractivity contribution in [1.82, 2.24) is 0 Å². The summed E-state index contributed by atoms with van der Waals surface area (Å²) in [4.78, 5) is 11.8. The Morgan fingerprint density at radius 1 is 1.40 bits per heavy atom. The van der Waals surface area contributed by atoms with Crippen LogP contribution in [0.4, 0.5) is 10.1 Å². The molecule has 1 aromatic carbocycles. The second-order valence-electron chi connectivity index (χ2n) is 4.06. The number of thiophene rings is 1. The topological polar surface area (TPSA) is 55.1 Å². The van der Waals surface area contributed by atoms with Crippen LogP contribution in [-0.4, -0.2) is 12.5 Å². The average Bonchev–Trinajstić information content (AvgIpc) is 2.92. The largest absolute Gasteiger partial charge is 0.326 e. The first-order valence-electron chi connectivity index (χ1n) is 5.98. The minimum atomic E-state index is -0.429. The van der Waals surface area contributed by atoms with Crippen molar-refractivity contribution in [3.05, 3.63) is 52.0 Å². The van der Waals surface area contributed by atoms with Crippen molar-refractivity contribution >= 4 is 22.9 Å². The molecule has 2 rings (SSSR count). The standard InChI is InChI=1S/C15H13FN2OS/c16-14-4-3-13(9-12(14)2-1-6-17)18-15(19)8-11-5-7-20-10-11/h3-5,7,9-10H,6,8,17H2,(H,18,19). The third-order valence-electron chi connectivity index (χ3n) is 2.52. The molecule has 102 valence electrons. The van der Waals surface area contributed by atoms with E-state index in [0.717, 1.165) is 5.56 Å². The molecule has 3 N–H and O–H groups in total. The van der Waals surface area contributed by atoms with Gasteiger partial charge in [-0.1, -0.05) is 11.8 Å². The molecule has 1 aromatic heterocycles. The fourth-order valence-corrected chi connectivity index (χ4v) is 2.30. The number of nitrogens with two attached hydrogens (primary N) is 1. The summed E-state index contributed by atoms with van der Waals surface area (Å²) in [5.41, 5.74) is 6.96. The molecule has 0 aliphatic heterocycles. The Kier molecular flexibility index (Phi) is 4.88. The highest BCUT2D eigenvalue weighted by molar-refractivity contribution is 7.08. The van der Waals surface area contributed by atoms with Crippen LogP contribution in [0.2, 0.25) is 0 Å². The van der Waals surface area contributed by atoms with Crippen molar-refractivity contribution < 1.29 is 9.18 Å². The zero-order valence-electron chi connectivity index (χ0n) is 10.7. The molecule has 0 spiro atoms. The van der Waals surface area contributed by atoms with Gasteiger partial charge >= 0.3 is 0 Å². The molecule has 0 saturated carbocycles. The van der Waals surface area contributed by atoms with E-state index >= 15 is 0 Å². The number of carbonyl (C=O) groups is 1. The van der Waals surface area contributed by atoms with Gasteiger partial charge in [-0.3, -0.25) is 4.79 Å². The highest BCUT2D eigenvalue weighted by atomic mass is 32.1. The Hall–Kier alpha value is -2.16. The van der Waals surface area contributed by atoms with Crippen LogP contribution >= 0.6 is 11.3 Å². The van der Waals surface area contributed by atoms with Crippen LogP contribution in [0.3, 0.4) is 0 Å². The summed E-state index contributed by atoms with van der Waals surface area (Å²) in [7, 11) is 0. The van der Waals surface area contributed by atoms with Gasteiger partial charge in [0.15, 0.2) is 0 Å². The predicted octanol–water partition coefficient (Wildman–Crippen LogP) is 2.38. The third kappa shape index (κ3) is 3.92. The van der Waals surface area contributed by atoms with Crippen molar-refractivity contribution in [2.24, 2.45) is 5.73 Å². The first-order chi connectivity index (χ1) is 9.69. The lowest BCUT2D eigenvalue weighted by atomic mass is 10.1. The van der Waals surface area contributed by atoms with E-state index in [9.17, 15) is 9.18 Å². The zero-order chi connectivity index (χ0) is 14.4. The molecule has 1 heterocycles. The van der Waals surface area contributed by atoms with Crippen molar-refractivity contribution in [3.8, 4) is 11.8 Å². The Bertz CT molecular complexity index is 656. The highest BCUT2D eigenvalue weighted by Crippen LogP contribution is 2.15. The number of hydrogen-bond donors (Lipinski definition) is 2. The third-order valence-corrected chi connectivity index (χ3v) is 3.25. The smallest absolute Gasteiger partial charge is 0.228 e. The number of rotatable bonds is 3. The number of hydrogen-bond acceptors (Lipinski definition) is 3. The van der Waals surface area contributed by atoms with Gasteiger partial charge in [0.25, 0.3) is 0 Å². The van der Waals surface area contributed by atoms with E-state index in [2.05, 4.69) is 17.2 Å². The number of benzene rings is 1. The van der Waals surface area contributed by atoms with E-state index in [4.69, 9.17) is 5.73 Å². The summed E-state index contributed by atoms with van der Waals surface area (Å²) in [6.07, 6.45) is 0.296. The molecule has 0 atom stereocenters. The maximum atomic E-state index is 13.5. The van der Waals surface area contributed by atoms with E-state index in [0.29, 0.717) is 12.1 Å². The van der Waals surface area contributed by atoms with Crippen LogP contribution in [0.25, 0.3) is 0 Å². The molecule has 0 aliphatic rings. The summed E-state index contributed by atoms with van der Waals surface area (Å²) in [5, 5.41) is 6.56. The lowest BCUT2D eigenvalue weighted by Gasteiger charge is -2.05. The van der Waals surface area contributed by atoms with Crippen LogP contribution in [0.5, 0.6) is 0 Å². The monoisotopic (exact) mass is 288 g/mol. The van der Waals surface area contributed by atoms with E-state index in [1.54, 1.807) is 11.3 Å². The highest BCUT2D eigenvalue weighted by Gasteiger charge is 2.06. The number of carbonyl (C=O) groups excluding carboxylic acids is 1. The van der Waals surface area contributed by atoms with Crippen LogP contribution in [-0.2, 0) is 11.2 Å². The molecule has 2 aromatic rings. The summed E-state index contributed by atoms with van der Waals surface area (Å²) in [6, 6.07) is 6.19. The van der Waals surface area contributed by atoms with Crippen molar-refractivity contribution in [3.63, 3.8) is 0 Å². The van der Waals surface area contributed by atoms with Crippen LogP contribution in [0.1, 0.15) is 11.1 Å². The van der Waals surface area contributed by atoms with E-state index in [1.165, 1.54) is 18.2 Å². The first kappa shape index (κ1) is 14.3. The summed E-state index contributed by atoms with van der Waals surface area (Å²) < 4.78 is 13.5. The Morgan fingerprint density at radius 2 is 2.25 bits per heavy atom. The van der Waals surface area contributed by atoms with Gasteiger partial charge in [-0.15, -0.1) is 0 Å². The lowest BCUT2D eigenvalue weighted by Crippen LogP contribution is -2.14. The molecule has 0 unspecified atom stereocenters. The van der Waals surface area contributed by atoms with Gasteiger partial charge in [-0.2, -0.15) is 11.3 Å². The van der Waals surface area contributed by atoms with E-state index in [1.807, 2.05) is 16.8 Å². The van der Waals surface area contributed by atoms with Gasteiger partial charge in [-0.25, -0.2) is 4.39 Å². The minimum absolute atomic E-state index is 0.146. The van der Waals surface area contributed by atoms with Crippen LogP contribution < -0.4 is 11.1 Å². The minimum Gasteiger partial charge on any atom is -0.326 e. The molecule has 3 nitrogen and oxygen atoms in total. The molecule has 0 saturated heterocycles. The number of amides is 1. The second kappa shape index (κ2) is 6.85.